The topological polar surface area (TPSA) is 70.1 Å². The zero-order valence-electron chi connectivity index (χ0n) is 15.1. The summed E-state index contributed by atoms with van der Waals surface area (Å²) in [7, 11) is 0. The van der Waals surface area contributed by atoms with Crippen molar-refractivity contribution < 1.29 is 4.79 Å². The maximum atomic E-state index is 13.0. The average molecular weight is 475 g/mol. The van der Waals surface area contributed by atoms with Gasteiger partial charge in [-0.15, -0.1) is 11.3 Å². The van der Waals surface area contributed by atoms with Gasteiger partial charge in [0.05, 0.1) is 27.0 Å². The number of carbonyl (C=O) groups excluding carboxylic acids is 1. The van der Waals surface area contributed by atoms with Crippen LogP contribution in [0.25, 0.3) is 0 Å². The molecule has 1 atom stereocenters. The minimum Gasteiger partial charge on any atom is -0.384 e. The molecule has 0 saturated heterocycles. The molecular formula is C21H17BrClN3OS. The second kappa shape index (κ2) is 7.40. The second-order valence-corrected chi connectivity index (χ2v) is 9.74. The number of hydrogen-bond acceptors (Lipinski definition) is 5. The van der Waals surface area contributed by atoms with Crippen molar-refractivity contribution in [3.8, 4) is 6.07 Å². The molecule has 2 N–H and O–H groups in total. The third-order valence-electron chi connectivity index (χ3n) is 5.27. The van der Waals surface area contributed by atoms with Crippen LogP contribution in [0.2, 0.25) is 5.02 Å². The fourth-order valence-corrected chi connectivity index (χ4v) is 5.68. The highest BCUT2D eigenvalue weighted by Crippen LogP contribution is 2.48. The number of Topliss-reactive ketones (excluding diaryl/α,β-unsaturated/α-hetero) is 1. The second-order valence-electron chi connectivity index (χ2n) is 6.84. The van der Waals surface area contributed by atoms with Crippen LogP contribution in [0.5, 0.6) is 0 Å². The standard InChI is InChI=1S/C21H17BrClN3OS/c1-11-13(23)4-2-5-14(11)26-15-6-3-7-16(27)20(15)19(12(10-24)21(26)25)17-8-9-18(22)28-17/h2,4-5,8-9,19H,3,6-7,25H2,1H3/t19-/m1/s1. The normalized spacial score (nSPS) is 19.7. The van der Waals surface area contributed by atoms with Crippen LogP contribution in [0.3, 0.4) is 0 Å². The highest BCUT2D eigenvalue weighted by Gasteiger charge is 2.41. The number of ketones is 1. The number of nitriles is 1. The molecule has 0 unspecified atom stereocenters. The van der Waals surface area contributed by atoms with Crippen LogP contribution in [0.1, 0.15) is 35.6 Å². The van der Waals surface area contributed by atoms with Crippen LogP contribution in [-0.2, 0) is 4.79 Å². The Labute approximate surface area is 181 Å². The largest absolute Gasteiger partial charge is 0.384 e. The fourth-order valence-electron chi connectivity index (χ4n) is 3.97. The van der Waals surface area contributed by atoms with E-state index in [4.69, 9.17) is 17.3 Å². The van der Waals surface area contributed by atoms with Crippen LogP contribution >= 0.6 is 38.9 Å². The fraction of sp³-hybridized carbons (Fsp3) is 0.238. The highest BCUT2D eigenvalue weighted by molar-refractivity contribution is 9.11. The smallest absolute Gasteiger partial charge is 0.161 e. The van der Waals surface area contributed by atoms with Crippen molar-refractivity contribution in [3.63, 3.8) is 0 Å². The molecule has 0 amide bonds. The van der Waals surface area contributed by atoms with Gasteiger partial charge >= 0.3 is 0 Å². The van der Waals surface area contributed by atoms with Gasteiger partial charge in [0.2, 0.25) is 0 Å². The number of nitrogens with two attached hydrogens (primary N) is 1. The number of hydrogen-bond donors (Lipinski definition) is 1. The molecule has 1 aromatic carbocycles. The van der Waals surface area contributed by atoms with Gasteiger partial charge < -0.3 is 5.73 Å². The number of carbonyl (C=O) groups is 1. The quantitative estimate of drug-likeness (QED) is 0.599. The molecule has 2 heterocycles. The first kappa shape index (κ1) is 19.3. The van der Waals surface area contributed by atoms with Gasteiger partial charge in [0.25, 0.3) is 0 Å². The van der Waals surface area contributed by atoms with Crippen LogP contribution < -0.4 is 10.6 Å². The van der Waals surface area contributed by atoms with Gasteiger partial charge in [-0.1, -0.05) is 17.7 Å². The molecule has 4 nitrogen and oxygen atoms in total. The summed E-state index contributed by atoms with van der Waals surface area (Å²) in [4.78, 5) is 15.8. The lowest BCUT2D eigenvalue weighted by Crippen LogP contribution is -2.38. The van der Waals surface area contributed by atoms with Crippen LogP contribution in [0.4, 0.5) is 5.69 Å². The lowest BCUT2D eigenvalue weighted by Gasteiger charge is -2.40. The summed E-state index contributed by atoms with van der Waals surface area (Å²) in [6.45, 7) is 1.92. The number of nitrogens with zero attached hydrogens (tertiary/aromatic N) is 2. The van der Waals surface area contributed by atoms with Crippen LogP contribution in [0, 0.1) is 18.3 Å². The van der Waals surface area contributed by atoms with E-state index >= 15 is 0 Å². The summed E-state index contributed by atoms with van der Waals surface area (Å²) in [5.41, 5.74) is 10.2. The van der Waals surface area contributed by atoms with Gasteiger partial charge in [0.1, 0.15) is 5.82 Å². The molecule has 2 aromatic rings. The van der Waals surface area contributed by atoms with E-state index in [2.05, 4.69) is 22.0 Å². The van der Waals surface area contributed by atoms with Crippen molar-refractivity contribution in [3.05, 3.63) is 72.2 Å². The number of allylic oxidation sites excluding steroid dienone is 3. The monoisotopic (exact) mass is 473 g/mol. The molecule has 4 rings (SSSR count). The number of thiophene rings is 1. The van der Waals surface area contributed by atoms with E-state index in [1.165, 1.54) is 11.3 Å². The maximum absolute atomic E-state index is 13.0. The first-order chi connectivity index (χ1) is 13.4. The summed E-state index contributed by atoms with van der Waals surface area (Å²) in [6, 6.07) is 11.8. The third kappa shape index (κ3) is 2.98. The van der Waals surface area contributed by atoms with Crippen molar-refractivity contribution in [2.45, 2.75) is 32.1 Å². The zero-order chi connectivity index (χ0) is 20.0. The molecule has 28 heavy (non-hydrogen) atoms. The van der Waals surface area contributed by atoms with Crippen LogP contribution in [0.15, 0.2) is 56.8 Å². The number of anilines is 1. The molecular weight excluding hydrogens is 458 g/mol. The molecule has 1 aliphatic carbocycles. The minimum atomic E-state index is -0.417. The van der Waals surface area contributed by atoms with Gasteiger partial charge in [-0.25, -0.2) is 0 Å². The summed E-state index contributed by atoms with van der Waals surface area (Å²) in [6.07, 6.45) is 1.99. The van der Waals surface area contributed by atoms with E-state index in [0.717, 1.165) is 38.5 Å². The van der Waals surface area contributed by atoms with E-state index in [1.807, 2.05) is 42.2 Å². The Hall–Kier alpha value is -2.07. The van der Waals surface area contributed by atoms with Crippen molar-refractivity contribution in [1.82, 2.24) is 0 Å². The highest BCUT2D eigenvalue weighted by atomic mass is 79.9. The summed E-state index contributed by atoms with van der Waals surface area (Å²) in [5.74, 6) is 0.0383. The summed E-state index contributed by atoms with van der Waals surface area (Å²) >= 11 is 11.4. The predicted molar refractivity (Wildman–Crippen MR) is 116 cm³/mol. The maximum Gasteiger partial charge on any atom is 0.161 e. The van der Waals surface area contributed by atoms with E-state index < -0.39 is 5.92 Å². The van der Waals surface area contributed by atoms with Crippen molar-refractivity contribution in [2.24, 2.45) is 5.73 Å². The zero-order valence-corrected chi connectivity index (χ0v) is 18.3. The SMILES string of the molecule is Cc1c(Cl)cccc1N1C(N)=C(C#N)[C@H](c2ccc(Br)s2)C2=C1CCCC2=O. The Morgan fingerprint density at radius 1 is 1.32 bits per heavy atom. The molecule has 0 spiro atoms. The lowest BCUT2D eigenvalue weighted by atomic mass is 9.78. The lowest BCUT2D eigenvalue weighted by molar-refractivity contribution is -0.116. The first-order valence-corrected chi connectivity index (χ1v) is 10.9. The van der Waals surface area contributed by atoms with E-state index in [9.17, 15) is 10.1 Å². The van der Waals surface area contributed by atoms with Gasteiger partial charge in [0.15, 0.2) is 5.78 Å². The molecule has 0 fully saturated rings. The molecule has 2 aliphatic rings. The minimum absolute atomic E-state index is 0.0840. The van der Waals surface area contributed by atoms with Gasteiger partial charge in [-0.05, 0) is 65.5 Å². The molecule has 142 valence electrons. The Kier molecular flexibility index (Phi) is 5.09. The number of rotatable bonds is 2. The van der Waals surface area contributed by atoms with Crippen molar-refractivity contribution in [1.29, 1.82) is 5.26 Å². The van der Waals surface area contributed by atoms with Crippen molar-refractivity contribution in [2.75, 3.05) is 4.90 Å². The van der Waals surface area contributed by atoms with E-state index in [1.54, 1.807) is 0 Å². The molecule has 7 heteroatoms. The molecule has 0 saturated carbocycles. The Bertz CT molecular complexity index is 1100. The number of benzene rings is 1. The summed E-state index contributed by atoms with van der Waals surface area (Å²) in [5, 5.41) is 10.6. The predicted octanol–water partition coefficient (Wildman–Crippen LogP) is 5.78. The van der Waals surface area contributed by atoms with Gasteiger partial charge in [0, 0.05) is 27.6 Å². The first-order valence-electron chi connectivity index (χ1n) is 8.90. The number of halogens is 2. The van der Waals surface area contributed by atoms with E-state index in [0.29, 0.717) is 28.4 Å². The Balaban J connectivity index is 2.00. The molecule has 0 bridgehead atoms. The Morgan fingerprint density at radius 2 is 2.11 bits per heavy atom. The van der Waals surface area contributed by atoms with Crippen LogP contribution in [-0.4, -0.2) is 5.78 Å². The molecule has 1 aromatic heterocycles. The Morgan fingerprint density at radius 3 is 2.79 bits per heavy atom. The third-order valence-corrected chi connectivity index (χ3v) is 7.37. The van der Waals surface area contributed by atoms with Crippen molar-refractivity contribution >= 4 is 50.3 Å². The van der Waals surface area contributed by atoms with E-state index in [-0.39, 0.29) is 5.78 Å². The van der Waals surface area contributed by atoms with Gasteiger partial charge in [-0.3, -0.25) is 9.69 Å². The molecule has 1 aliphatic heterocycles. The van der Waals surface area contributed by atoms with Gasteiger partial charge in [-0.2, -0.15) is 5.26 Å². The summed E-state index contributed by atoms with van der Waals surface area (Å²) < 4.78 is 0.955. The average Bonchev–Trinajstić information content (AvgIpc) is 3.10. The molecule has 0 radical (unpaired) electrons.